The van der Waals surface area contributed by atoms with Crippen molar-refractivity contribution in [2.75, 3.05) is 18.8 Å². The van der Waals surface area contributed by atoms with E-state index in [1.165, 1.54) is 0 Å². The van der Waals surface area contributed by atoms with Crippen LogP contribution in [-0.2, 0) is 10.0 Å². The first kappa shape index (κ1) is 17.7. The summed E-state index contributed by atoms with van der Waals surface area (Å²) in [6, 6.07) is 9.78. The van der Waals surface area contributed by atoms with Gasteiger partial charge in [0.15, 0.2) is 0 Å². The van der Waals surface area contributed by atoms with Gasteiger partial charge in [0.1, 0.15) is 0 Å². The molecule has 140 valence electrons. The fourth-order valence-corrected chi connectivity index (χ4v) is 5.64. The minimum absolute atomic E-state index is 0.150. The van der Waals surface area contributed by atoms with Crippen molar-refractivity contribution < 1.29 is 12.8 Å². The molecule has 0 unspecified atom stereocenters. The van der Waals surface area contributed by atoms with Crippen molar-refractivity contribution in [2.45, 2.75) is 44.9 Å². The van der Waals surface area contributed by atoms with Crippen LogP contribution >= 0.6 is 0 Å². The van der Waals surface area contributed by atoms with Crippen LogP contribution in [0.15, 0.2) is 34.7 Å². The average molecular weight is 375 g/mol. The maximum Gasteiger partial charge on any atom is 0.247 e. The number of rotatable bonds is 6. The first-order valence-corrected chi connectivity index (χ1v) is 11.0. The summed E-state index contributed by atoms with van der Waals surface area (Å²) in [6.45, 7) is 3.24. The van der Waals surface area contributed by atoms with Crippen LogP contribution in [0, 0.1) is 5.41 Å². The van der Waals surface area contributed by atoms with Gasteiger partial charge in [0.25, 0.3) is 0 Å². The zero-order valence-corrected chi connectivity index (χ0v) is 15.9. The standard InChI is InChI=1S/C19H25N3O3S/c1-2-3-13-26(23,24)22-11-9-19(10-12-22)14-16(19)18-21-20-17(25-18)15-7-5-4-6-8-15/h4-8,16H,2-3,9-14H2,1H3/t16-/m1/s1. The summed E-state index contributed by atoms with van der Waals surface area (Å²) in [5.74, 6) is 1.80. The molecule has 6 nitrogen and oxygen atoms in total. The smallest absolute Gasteiger partial charge is 0.247 e. The molecule has 1 saturated heterocycles. The van der Waals surface area contributed by atoms with Gasteiger partial charge in [-0.2, -0.15) is 0 Å². The van der Waals surface area contributed by atoms with E-state index in [9.17, 15) is 8.42 Å². The molecule has 1 aromatic carbocycles. The SMILES string of the molecule is CCCCS(=O)(=O)N1CCC2(CC1)C[C@@H]2c1nnc(-c2ccccc2)o1. The number of piperidine rings is 1. The second-order valence-electron chi connectivity index (χ2n) is 7.50. The Kier molecular flexibility index (Phi) is 4.61. The molecule has 0 radical (unpaired) electrons. The van der Waals surface area contributed by atoms with E-state index >= 15 is 0 Å². The second kappa shape index (κ2) is 6.78. The Labute approximate surface area is 154 Å². The van der Waals surface area contributed by atoms with E-state index in [0.29, 0.717) is 24.9 Å². The Balaban J connectivity index is 1.40. The molecule has 0 amide bonds. The van der Waals surface area contributed by atoms with Crippen molar-refractivity contribution >= 4 is 10.0 Å². The molecular weight excluding hydrogens is 350 g/mol. The van der Waals surface area contributed by atoms with Crippen molar-refractivity contribution in [1.29, 1.82) is 0 Å². The monoisotopic (exact) mass is 375 g/mol. The topological polar surface area (TPSA) is 76.3 Å². The summed E-state index contributed by atoms with van der Waals surface area (Å²) in [5, 5.41) is 8.45. The van der Waals surface area contributed by atoms with Crippen molar-refractivity contribution in [3.05, 3.63) is 36.2 Å². The molecule has 1 aliphatic heterocycles. The number of unbranched alkanes of at least 4 members (excludes halogenated alkanes) is 1. The van der Waals surface area contributed by atoms with Gasteiger partial charge >= 0.3 is 0 Å². The van der Waals surface area contributed by atoms with Crippen LogP contribution in [0.25, 0.3) is 11.5 Å². The van der Waals surface area contributed by atoms with Gasteiger partial charge in [-0.25, -0.2) is 12.7 Å². The maximum atomic E-state index is 12.4. The van der Waals surface area contributed by atoms with Crippen molar-refractivity contribution in [3.63, 3.8) is 0 Å². The molecule has 1 atom stereocenters. The van der Waals surface area contributed by atoms with Gasteiger partial charge in [-0.3, -0.25) is 0 Å². The van der Waals surface area contributed by atoms with Crippen molar-refractivity contribution in [2.24, 2.45) is 5.41 Å². The summed E-state index contributed by atoms with van der Waals surface area (Å²) in [6.07, 6.45) is 4.42. The number of benzene rings is 1. The maximum absolute atomic E-state index is 12.4. The van der Waals surface area contributed by atoms with Gasteiger partial charge in [-0.05, 0) is 43.2 Å². The molecule has 2 fully saturated rings. The molecule has 2 aliphatic rings. The summed E-state index contributed by atoms with van der Waals surface area (Å²) in [5.41, 5.74) is 1.08. The average Bonchev–Trinajstić information content (AvgIpc) is 3.13. The minimum Gasteiger partial charge on any atom is -0.420 e. The molecule has 0 bridgehead atoms. The van der Waals surface area contributed by atoms with Gasteiger partial charge < -0.3 is 4.42 Å². The molecule has 1 aliphatic carbocycles. The van der Waals surface area contributed by atoms with E-state index in [2.05, 4.69) is 10.2 Å². The third kappa shape index (κ3) is 3.30. The molecule has 4 rings (SSSR count). The fourth-order valence-electron chi connectivity index (χ4n) is 3.99. The number of hydrogen-bond acceptors (Lipinski definition) is 5. The van der Waals surface area contributed by atoms with Crippen LogP contribution in [-0.4, -0.2) is 41.8 Å². The molecule has 26 heavy (non-hydrogen) atoms. The van der Waals surface area contributed by atoms with E-state index in [4.69, 9.17) is 4.42 Å². The Bertz CT molecular complexity index is 855. The predicted octanol–water partition coefficient (Wildman–Crippen LogP) is 3.44. The lowest BCUT2D eigenvalue weighted by Gasteiger charge is -2.31. The van der Waals surface area contributed by atoms with Crippen LogP contribution in [0.4, 0.5) is 0 Å². The number of nitrogens with zero attached hydrogens (tertiary/aromatic N) is 3. The van der Waals surface area contributed by atoms with Crippen LogP contribution in [0.1, 0.15) is 50.8 Å². The summed E-state index contributed by atoms with van der Waals surface area (Å²) >= 11 is 0. The quantitative estimate of drug-likeness (QED) is 0.773. The van der Waals surface area contributed by atoms with E-state index in [1.807, 2.05) is 37.3 Å². The van der Waals surface area contributed by atoms with E-state index < -0.39 is 10.0 Å². The predicted molar refractivity (Wildman–Crippen MR) is 99.0 cm³/mol. The number of hydrogen-bond donors (Lipinski definition) is 0. The largest absolute Gasteiger partial charge is 0.420 e. The molecule has 1 aromatic heterocycles. The molecule has 1 saturated carbocycles. The van der Waals surface area contributed by atoms with Gasteiger partial charge in [0.2, 0.25) is 21.8 Å². The third-order valence-electron chi connectivity index (χ3n) is 5.82. The Morgan fingerprint density at radius 3 is 2.62 bits per heavy atom. The fraction of sp³-hybridized carbons (Fsp3) is 0.579. The zero-order chi connectivity index (χ0) is 18.2. The van der Waals surface area contributed by atoms with E-state index in [1.54, 1.807) is 4.31 Å². The summed E-state index contributed by atoms with van der Waals surface area (Å²) < 4.78 is 32.3. The highest BCUT2D eigenvalue weighted by atomic mass is 32.2. The summed E-state index contributed by atoms with van der Waals surface area (Å²) in [7, 11) is -3.10. The summed E-state index contributed by atoms with van der Waals surface area (Å²) in [4.78, 5) is 0. The van der Waals surface area contributed by atoms with Gasteiger partial charge in [0.05, 0.1) is 5.75 Å². The Morgan fingerprint density at radius 2 is 1.92 bits per heavy atom. The zero-order valence-electron chi connectivity index (χ0n) is 15.1. The third-order valence-corrected chi connectivity index (χ3v) is 7.77. The van der Waals surface area contributed by atoms with Crippen molar-refractivity contribution in [1.82, 2.24) is 14.5 Å². The molecule has 7 heteroatoms. The van der Waals surface area contributed by atoms with Gasteiger partial charge in [-0.1, -0.05) is 31.5 Å². The normalized spacial score (nSPS) is 22.6. The van der Waals surface area contributed by atoms with Gasteiger partial charge in [0, 0.05) is 24.6 Å². The van der Waals surface area contributed by atoms with Gasteiger partial charge in [-0.15, -0.1) is 10.2 Å². The van der Waals surface area contributed by atoms with Crippen LogP contribution in [0.2, 0.25) is 0 Å². The lowest BCUT2D eigenvalue weighted by Crippen LogP contribution is -2.40. The van der Waals surface area contributed by atoms with Crippen molar-refractivity contribution in [3.8, 4) is 11.5 Å². The van der Waals surface area contributed by atoms with E-state index in [0.717, 1.165) is 37.7 Å². The molecule has 0 N–H and O–H groups in total. The Hall–Kier alpha value is -1.73. The minimum atomic E-state index is -3.10. The first-order valence-electron chi connectivity index (χ1n) is 9.41. The van der Waals surface area contributed by atoms with Crippen LogP contribution in [0.3, 0.4) is 0 Å². The molecule has 2 heterocycles. The second-order valence-corrected chi connectivity index (χ2v) is 9.59. The van der Waals surface area contributed by atoms with Crippen LogP contribution in [0.5, 0.6) is 0 Å². The first-order chi connectivity index (χ1) is 12.5. The number of sulfonamides is 1. The highest BCUT2D eigenvalue weighted by Crippen LogP contribution is 2.64. The lowest BCUT2D eigenvalue weighted by molar-refractivity contribution is 0.246. The Morgan fingerprint density at radius 1 is 1.19 bits per heavy atom. The molecule has 2 aromatic rings. The molecule has 1 spiro atoms. The molecular formula is C19H25N3O3S. The highest BCUT2D eigenvalue weighted by Gasteiger charge is 2.58. The van der Waals surface area contributed by atoms with Crippen LogP contribution < -0.4 is 0 Å². The lowest BCUT2D eigenvalue weighted by atomic mass is 9.92. The highest BCUT2D eigenvalue weighted by molar-refractivity contribution is 7.89. The number of aromatic nitrogens is 2. The van der Waals surface area contributed by atoms with E-state index in [-0.39, 0.29) is 17.1 Å².